The smallest absolute Gasteiger partial charge is 0.0593 e. The van der Waals surface area contributed by atoms with Crippen molar-refractivity contribution in [2.24, 2.45) is 0 Å². The van der Waals surface area contributed by atoms with Crippen molar-refractivity contribution in [2.45, 2.75) is 19.8 Å². The third-order valence-corrected chi connectivity index (χ3v) is 2.33. The van der Waals surface area contributed by atoms with Gasteiger partial charge in [-0.2, -0.15) is 10.4 Å². The zero-order valence-electron chi connectivity index (χ0n) is 9.68. The molecule has 2 N–H and O–H groups in total. The van der Waals surface area contributed by atoms with Crippen LogP contribution in [-0.4, -0.2) is 31.6 Å². The molecule has 1 heterocycles. The first-order valence-electron chi connectivity index (χ1n) is 5.45. The molecule has 4 nitrogen and oxygen atoms in total. The molecule has 0 aromatic carbocycles. The molecule has 0 aromatic rings. The van der Waals surface area contributed by atoms with Crippen LogP contribution in [0.4, 0.5) is 0 Å². The van der Waals surface area contributed by atoms with Crippen LogP contribution < -0.4 is 11.0 Å². The van der Waals surface area contributed by atoms with E-state index in [-0.39, 0.29) is 0 Å². The summed E-state index contributed by atoms with van der Waals surface area (Å²) >= 11 is 0. The van der Waals surface area contributed by atoms with Crippen LogP contribution in [0.5, 0.6) is 0 Å². The maximum atomic E-state index is 5.07. The second-order valence-electron chi connectivity index (χ2n) is 3.83. The summed E-state index contributed by atoms with van der Waals surface area (Å²) in [6, 6.07) is 0. The van der Waals surface area contributed by atoms with E-state index in [4.69, 9.17) is 4.94 Å². The highest BCUT2D eigenvalue weighted by molar-refractivity contribution is 5.28. The monoisotopic (exact) mass is 211 g/mol. The lowest BCUT2D eigenvalue weighted by Crippen LogP contribution is -2.31. The SMILES string of the molecule is C=C(NONCCC)C1=CCCN(C)C1. The first kappa shape index (κ1) is 12.2. The van der Waals surface area contributed by atoms with Crippen LogP contribution in [-0.2, 0) is 4.94 Å². The van der Waals surface area contributed by atoms with Gasteiger partial charge in [0.25, 0.3) is 0 Å². The Kier molecular flexibility index (Phi) is 5.39. The predicted octanol–water partition coefficient (Wildman–Crippen LogP) is 1.20. The van der Waals surface area contributed by atoms with E-state index in [0.29, 0.717) is 0 Å². The lowest BCUT2D eigenvalue weighted by Gasteiger charge is -2.24. The maximum Gasteiger partial charge on any atom is 0.0593 e. The minimum absolute atomic E-state index is 0.833. The van der Waals surface area contributed by atoms with E-state index in [1.807, 2.05) is 0 Å². The van der Waals surface area contributed by atoms with E-state index < -0.39 is 0 Å². The number of hydroxylamine groups is 2. The zero-order valence-corrected chi connectivity index (χ0v) is 9.68. The van der Waals surface area contributed by atoms with Crippen LogP contribution in [0.1, 0.15) is 19.8 Å². The fraction of sp³-hybridized carbons (Fsp3) is 0.636. The molecule has 0 bridgehead atoms. The van der Waals surface area contributed by atoms with E-state index in [9.17, 15) is 0 Å². The molecule has 0 radical (unpaired) electrons. The minimum Gasteiger partial charge on any atom is -0.302 e. The highest BCUT2D eigenvalue weighted by Gasteiger charge is 2.10. The molecule has 1 aliphatic rings. The van der Waals surface area contributed by atoms with Gasteiger partial charge in [-0.05, 0) is 25.5 Å². The van der Waals surface area contributed by atoms with E-state index in [2.05, 4.69) is 42.5 Å². The number of nitrogens with zero attached hydrogens (tertiary/aromatic N) is 1. The van der Waals surface area contributed by atoms with E-state index in [1.54, 1.807) is 0 Å². The Morgan fingerprint density at radius 3 is 3.13 bits per heavy atom. The molecule has 0 fully saturated rings. The molecular weight excluding hydrogens is 190 g/mol. The second-order valence-corrected chi connectivity index (χ2v) is 3.83. The molecule has 86 valence electrons. The number of hydrogen-bond donors (Lipinski definition) is 2. The van der Waals surface area contributed by atoms with Crippen LogP contribution in [0.25, 0.3) is 0 Å². The molecule has 0 saturated carbocycles. The van der Waals surface area contributed by atoms with Crippen LogP contribution in [0.2, 0.25) is 0 Å². The molecule has 1 rings (SSSR count). The van der Waals surface area contributed by atoms with Crippen LogP contribution >= 0.6 is 0 Å². The van der Waals surface area contributed by atoms with Crippen molar-refractivity contribution in [2.75, 3.05) is 26.7 Å². The van der Waals surface area contributed by atoms with Crippen LogP contribution in [0.15, 0.2) is 23.9 Å². The second kappa shape index (κ2) is 6.61. The molecule has 0 amide bonds. The van der Waals surface area contributed by atoms with Gasteiger partial charge >= 0.3 is 0 Å². The maximum absolute atomic E-state index is 5.07. The zero-order chi connectivity index (χ0) is 11.1. The van der Waals surface area contributed by atoms with Crippen molar-refractivity contribution in [1.29, 1.82) is 0 Å². The summed E-state index contributed by atoms with van der Waals surface area (Å²) in [5, 5.41) is 0. The van der Waals surface area contributed by atoms with Crippen molar-refractivity contribution < 1.29 is 4.94 Å². The van der Waals surface area contributed by atoms with Crippen LogP contribution in [0.3, 0.4) is 0 Å². The fourth-order valence-corrected chi connectivity index (χ4v) is 1.43. The van der Waals surface area contributed by atoms with Gasteiger partial charge in [0.1, 0.15) is 0 Å². The Morgan fingerprint density at radius 2 is 2.47 bits per heavy atom. The molecule has 0 saturated heterocycles. The number of rotatable bonds is 6. The van der Waals surface area contributed by atoms with Gasteiger partial charge in [0.15, 0.2) is 0 Å². The Balaban J connectivity index is 2.24. The van der Waals surface area contributed by atoms with Crippen molar-refractivity contribution in [1.82, 2.24) is 15.9 Å². The Bertz CT molecular complexity index is 238. The van der Waals surface area contributed by atoms with Gasteiger partial charge in [-0.25, -0.2) is 5.48 Å². The summed E-state index contributed by atoms with van der Waals surface area (Å²) in [6.45, 7) is 8.91. The summed E-state index contributed by atoms with van der Waals surface area (Å²) in [5.41, 5.74) is 7.66. The summed E-state index contributed by atoms with van der Waals surface area (Å²) in [6.07, 6.45) is 4.33. The van der Waals surface area contributed by atoms with Crippen LogP contribution in [0, 0.1) is 0 Å². The summed E-state index contributed by atoms with van der Waals surface area (Å²) in [5.74, 6) is 0. The average Bonchev–Trinajstić information content (AvgIpc) is 2.24. The van der Waals surface area contributed by atoms with Crippen molar-refractivity contribution in [3.05, 3.63) is 23.9 Å². The third-order valence-electron chi connectivity index (χ3n) is 2.33. The summed E-state index contributed by atoms with van der Waals surface area (Å²) in [7, 11) is 2.11. The lowest BCUT2D eigenvalue weighted by molar-refractivity contribution is -0.0195. The first-order valence-corrected chi connectivity index (χ1v) is 5.45. The summed E-state index contributed by atoms with van der Waals surface area (Å²) < 4.78 is 0. The molecular formula is C11H21N3O. The molecule has 0 atom stereocenters. The fourth-order valence-electron chi connectivity index (χ4n) is 1.43. The average molecular weight is 211 g/mol. The standard InChI is InChI=1S/C11H21N3O/c1-4-7-12-15-13-10(2)11-6-5-8-14(3)9-11/h6,12-13H,2,4-5,7-9H2,1,3H3. The minimum atomic E-state index is 0.833. The number of hydrogen-bond acceptors (Lipinski definition) is 4. The Morgan fingerprint density at radius 1 is 1.67 bits per heavy atom. The van der Waals surface area contributed by atoms with Gasteiger partial charge in [0, 0.05) is 19.6 Å². The van der Waals surface area contributed by atoms with E-state index in [0.717, 1.165) is 38.2 Å². The molecule has 0 spiro atoms. The Hall–Kier alpha value is -0.840. The van der Waals surface area contributed by atoms with Gasteiger partial charge < -0.3 is 4.90 Å². The molecule has 4 heteroatoms. The van der Waals surface area contributed by atoms with Gasteiger partial charge in [-0.3, -0.25) is 0 Å². The van der Waals surface area contributed by atoms with Crippen molar-refractivity contribution in [3.63, 3.8) is 0 Å². The lowest BCUT2D eigenvalue weighted by atomic mass is 10.1. The first-order chi connectivity index (χ1) is 7.24. The van der Waals surface area contributed by atoms with Gasteiger partial charge in [0.05, 0.1) is 5.70 Å². The number of nitrogens with one attached hydrogen (secondary N) is 2. The summed E-state index contributed by atoms with van der Waals surface area (Å²) in [4.78, 5) is 7.33. The van der Waals surface area contributed by atoms with Crippen molar-refractivity contribution in [3.8, 4) is 0 Å². The van der Waals surface area contributed by atoms with Crippen molar-refractivity contribution >= 4 is 0 Å². The molecule has 0 aliphatic carbocycles. The van der Waals surface area contributed by atoms with E-state index in [1.165, 1.54) is 5.57 Å². The normalized spacial score (nSPS) is 17.3. The third kappa shape index (κ3) is 4.46. The molecule has 0 unspecified atom stereocenters. The largest absolute Gasteiger partial charge is 0.302 e. The highest BCUT2D eigenvalue weighted by atomic mass is 16.8. The number of likely N-dealkylation sites (N-methyl/N-ethyl adjacent to an activating group) is 1. The Labute approximate surface area is 91.9 Å². The van der Waals surface area contributed by atoms with Gasteiger partial charge in [-0.15, -0.1) is 0 Å². The quantitative estimate of drug-likeness (QED) is 0.511. The van der Waals surface area contributed by atoms with Gasteiger partial charge in [-0.1, -0.05) is 19.6 Å². The highest BCUT2D eigenvalue weighted by Crippen LogP contribution is 2.12. The molecule has 1 aliphatic heterocycles. The van der Waals surface area contributed by atoms with Gasteiger partial charge in [0.2, 0.25) is 0 Å². The van der Waals surface area contributed by atoms with E-state index >= 15 is 0 Å². The molecule has 15 heavy (non-hydrogen) atoms. The predicted molar refractivity (Wildman–Crippen MR) is 61.9 cm³/mol. The topological polar surface area (TPSA) is 36.5 Å². The molecule has 0 aromatic heterocycles.